The second kappa shape index (κ2) is 12.3. The van der Waals surface area contributed by atoms with Crippen LogP contribution in [0.3, 0.4) is 0 Å². The molecule has 12 aromatic rings. The first kappa shape index (κ1) is 13.7. The summed E-state index contributed by atoms with van der Waals surface area (Å²) in [7, 11) is 0. The lowest BCUT2D eigenvalue weighted by atomic mass is 10.0. The minimum absolute atomic E-state index is 0.608. The molecule has 0 radical (unpaired) electrons. The third-order valence-corrected chi connectivity index (χ3v) is 9.08. The summed E-state index contributed by atoms with van der Waals surface area (Å²) in [6, 6.07) is -29.5. The summed E-state index contributed by atoms with van der Waals surface area (Å²) in [5.74, 6) is -2.80. The van der Waals surface area contributed by atoms with E-state index < -0.39 is 298 Å². The van der Waals surface area contributed by atoms with E-state index in [1.165, 1.54) is 0 Å². The topological polar surface area (TPSA) is 61.7 Å². The molecule has 0 spiro atoms. The standard InChI is InChI=1S/C51H31N5O/c1-4-16-32(17-5-1)35-24-14-25-40-41-26-15-29-44(48(41)57-47(35)40)55-42-27-12-10-22-36(42)38-30-31-39-37-23-11-13-28-43(37)56(46(39)45(38)55)51-53-49(33-18-6-2-7-19-33)52-50(54-51)34-20-8-3-9-21-34/h1-31H/i1D,2D,3D,4D,5D,6D,7D,8D,9D,10D,11D,12D,13D,14D,15D,16D,17D,18D,19D,20D,21D,22D,23D,24D,25D,26D,27D,28D,29D,30D,31D. The van der Waals surface area contributed by atoms with Crippen LogP contribution in [-0.2, 0) is 0 Å². The van der Waals surface area contributed by atoms with E-state index in [0.29, 0.717) is 0 Å². The van der Waals surface area contributed by atoms with Gasteiger partial charge in [0.15, 0.2) is 17.2 Å². The van der Waals surface area contributed by atoms with Gasteiger partial charge in [0.05, 0.1) is 70.2 Å². The van der Waals surface area contributed by atoms with Crippen molar-refractivity contribution in [3.05, 3.63) is 187 Å². The number of hydrogen-bond acceptors (Lipinski definition) is 4. The molecule has 57 heavy (non-hydrogen) atoms. The first-order chi connectivity index (χ1) is 41.2. The Labute approximate surface area is 370 Å². The Balaban J connectivity index is 1.42. The third-order valence-electron chi connectivity index (χ3n) is 9.08. The van der Waals surface area contributed by atoms with Gasteiger partial charge in [-0.05, 0) is 23.7 Å². The van der Waals surface area contributed by atoms with Crippen LogP contribution < -0.4 is 0 Å². The number of furan rings is 1. The van der Waals surface area contributed by atoms with Crippen molar-refractivity contribution in [1.29, 1.82) is 0 Å². The monoisotopic (exact) mass is 760 g/mol. The van der Waals surface area contributed by atoms with Crippen LogP contribution >= 0.6 is 0 Å². The Bertz CT molecular complexity index is 5190. The van der Waals surface area contributed by atoms with Gasteiger partial charge in [-0.15, -0.1) is 0 Å². The highest BCUT2D eigenvalue weighted by molar-refractivity contribution is 6.24. The first-order valence-corrected chi connectivity index (χ1v) is 16.6. The van der Waals surface area contributed by atoms with Crippen LogP contribution in [-0.4, -0.2) is 24.1 Å². The van der Waals surface area contributed by atoms with E-state index in [-0.39, 0.29) is 0 Å². The quantitative estimate of drug-likeness (QED) is 0.175. The van der Waals surface area contributed by atoms with Crippen molar-refractivity contribution in [3.8, 4) is 45.5 Å². The molecule has 0 N–H and O–H groups in total. The molecule has 0 atom stereocenters. The summed E-state index contributed by atoms with van der Waals surface area (Å²) < 4.78 is 288. The van der Waals surface area contributed by atoms with Crippen LogP contribution in [0.5, 0.6) is 0 Å². The van der Waals surface area contributed by atoms with Crippen LogP contribution in [0, 0.1) is 0 Å². The summed E-state index contributed by atoms with van der Waals surface area (Å²) in [6.45, 7) is 0. The van der Waals surface area contributed by atoms with Crippen molar-refractivity contribution in [3.63, 3.8) is 0 Å². The fourth-order valence-corrected chi connectivity index (χ4v) is 6.79. The zero-order valence-corrected chi connectivity index (χ0v) is 28.1. The van der Waals surface area contributed by atoms with E-state index in [1.807, 2.05) is 0 Å². The predicted molar refractivity (Wildman–Crippen MR) is 232 cm³/mol. The maximum absolute atomic E-state index is 9.84. The van der Waals surface area contributed by atoms with Crippen molar-refractivity contribution in [2.24, 2.45) is 0 Å². The van der Waals surface area contributed by atoms with E-state index in [0.717, 1.165) is 9.13 Å². The molecular formula is C51H31N5O. The Kier molecular flexibility index (Phi) is 2.97. The first-order valence-electron chi connectivity index (χ1n) is 32.1. The highest BCUT2D eigenvalue weighted by atomic mass is 16.3. The molecular weight excluding hydrogens is 699 g/mol. The number of hydrogen-bond donors (Lipinski definition) is 0. The van der Waals surface area contributed by atoms with Gasteiger partial charge in [-0.2, -0.15) is 9.97 Å². The average Bonchev–Trinajstić information content (AvgIpc) is 1.65. The highest BCUT2D eigenvalue weighted by Gasteiger charge is 2.25. The SMILES string of the molecule is [2H]c1c([2H])c([2H])c(-c2nc(-c3c([2H])c([2H])c([2H])c([2H])c3[2H])nc(-n3c4c([2H])c([2H])c([2H])c([2H])c4c4c([2H])c([2H])c5c6c([2H])c([2H])c([2H])c([2H])c6n(-c6c([2H])c([2H])c([2H])c7c6oc6c(-c8c([2H])c([2H])c([2H])c([2H])c8[2H])c([2H])c([2H])c([2H])c67)c5c43)n2)c([2H])c1[2H]. The maximum Gasteiger partial charge on any atom is 0.238 e. The smallest absolute Gasteiger partial charge is 0.238 e. The fraction of sp³-hybridized carbons (Fsp3) is 0. The molecule has 4 heterocycles. The lowest BCUT2D eigenvalue weighted by Gasteiger charge is -2.13. The molecule has 8 aromatic carbocycles. The van der Waals surface area contributed by atoms with Gasteiger partial charge in [0, 0.05) is 49.0 Å². The zero-order valence-electron chi connectivity index (χ0n) is 59.1. The van der Waals surface area contributed by atoms with Gasteiger partial charge in [0.2, 0.25) is 5.95 Å². The van der Waals surface area contributed by atoms with Crippen LogP contribution in [0.15, 0.2) is 192 Å². The minimum atomic E-state index is -1.07. The lowest BCUT2D eigenvalue weighted by molar-refractivity contribution is 0.667. The maximum atomic E-state index is 9.84. The minimum Gasteiger partial charge on any atom is -0.453 e. The van der Waals surface area contributed by atoms with Gasteiger partial charge < -0.3 is 8.98 Å². The van der Waals surface area contributed by atoms with Crippen LogP contribution in [0.2, 0.25) is 0 Å². The molecule has 0 saturated heterocycles. The summed E-state index contributed by atoms with van der Waals surface area (Å²) in [6.07, 6.45) is 0. The van der Waals surface area contributed by atoms with Gasteiger partial charge in [-0.1, -0.05) is 169 Å². The van der Waals surface area contributed by atoms with Crippen LogP contribution in [0.4, 0.5) is 0 Å². The van der Waals surface area contributed by atoms with Gasteiger partial charge >= 0.3 is 0 Å². The summed E-state index contributed by atoms with van der Waals surface area (Å²) in [5.41, 5.74) is -8.29. The summed E-state index contributed by atoms with van der Waals surface area (Å²) in [4.78, 5) is 13.4. The van der Waals surface area contributed by atoms with E-state index >= 15 is 0 Å². The predicted octanol–water partition coefficient (Wildman–Crippen LogP) is 13.0. The van der Waals surface area contributed by atoms with Crippen molar-refractivity contribution in [1.82, 2.24) is 24.1 Å². The zero-order chi connectivity index (χ0) is 64.4. The Morgan fingerprint density at radius 1 is 0.368 bits per heavy atom. The van der Waals surface area contributed by atoms with E-state index in [4.69, 9.17) is 33.2 Å². The van der Waals surface area contributed by atoms with Gasteiger partial charge in [0.25, 0.3) is 0 Å². The number of rotatable bonds is 5. The molecule has 12 rings (SSSR count). The molecule has 0 fully saturated rings. The molecule has 0 amide bonds. The van der Waals surface area contributed by atoms with Crippen molar-refractivity contribution in [2.45, 2.75) is 0 Å². The van der Waals surface area contributed by atoms with Crippen molar-refractivity contribution >= 4 is 65.6 Å². The van der Waals surface area contributed by atoms with E-state index in [2.05, 4.69) is 15.0 Å². The summed E-state index contributed by atoms with van der Waals surface area (Å²) in [5, 5.41) is -3.83. The van der Waals surface area contributed by atoms with Gasteiger partial charge in [0.1, 0.15) is 5.58 Å². The molecule has 0 aliphatic heterocycles. The van der Waals surface area contributed by atoms with Gasteiger partial charge in [-0.3, -0.25) is 4.57 Å². The Morgan fingerprint density at radius 2 is 0.842 bits per heavy atom. The van der Waals surface area contributed by atoms with E-state index in [9.17, 15) is 13.7 Å². The summed E-state index contributed by atoms with van der Waals surface area (Å²) >= 11 is 0. The molecule has 0 bridgehead atoms. The molecule has 0 saturated carbocycles. The number of benzene rings is 8. The molecule has 266 valence electrons. The largest absolute Gasteiger partial charge is 0.453 e. The Hall–Kier alpha value is -7.83. The second-order valence-electron chi connectivity index (χ2n) is 12.1. The Morgan fingerprint density at radius 3 is 1.46 bits per heavy atom. The molecule has 6 nitrogen and oxygen atoms in total. The second-order valence-corrected chi connectivity index (χ2v) is 12.1. The number of aromatic nitrogens is 5. The lowest BCUT2D eigenvalue weighted by Crippen LogP contribution is -2.07. The number of para-hydroxylation sites is 4. The number of nitrogens with zero attached hydrogens (tertiary/aromatic N) is 5. The normalized spacial score (nSPS) is 19.5. The van der Waals surface area contributed by atoms with Crippen molar-refractivity contribution < 1.29 is 46.9 Å². The molecule has 0 aliphatic carbocycles. The molecule has 0 aliphatic rings. The fourth-order valence-electron chi connectivity index (χ4n) is 6.79. The molecule has 4 aromatic heterocycles. The van der Waals surface area contributed by atoms with E-state index in [1.54, 1.807) is 0 Å². The molecule has 0 unspecified atom stereocenters. The average molecular weight is 761 g/mol. The third kappa shape index (κ3) is 4.74. The van der Waals surface area contributed by atoms with Crippen LogP contribution in [0.1, 0.15) is 42.5 Å². The van der Waals surface area contributed by atoms with Crippen LogP contribution in [0.25, 0.3) is 111 Å². The highest BCUT2D eigenvalue weighted by Crippen LogP contribution is 2.44. The van der Waals surface area contributed by atoms with Gasteiger partial charge in [-0.25, -0.2) is 4.98 Å². The number of fused-ring (bicyclic) bond motifs is 10. The van der Waals surface area contributed by atoms with Crippen molar-refractivity contribution in [2.75, 3.05) is 0 Å². The molecule has 6 heteroatoms.